The molecule has 2 fully saturated rings. The summed E-state index contributed by atoms with van der Waals surface area (Å²) in [6.45, 7) is 2.13. The highest BCUT2D eigenvalue weighted by molar-refractivity contribution is 7.89. The number of nitrogens with one attached hydrogen (secondary N) is 1. The number of ether oxygens (including phenoxy) is 1. The van der Waals surface area contributed by atoms with Crippen molar-refractivity contribution in [2.24, 2.45) is 0 Å². The minimum Gasteiger partial charge on any atom is -0.395 e. The lowest BCUT2D eigenvalue weighted by Gasteiger charge is -2.35. The van der Waals surface area contributed by atoms with E-state index < -0.39 is 16.1 Å². The SMILES string of the molecule is O=S(=O)(C1CCNC1)N1CCOCC1CO. The molecule has 0 aromatic rings. The van der Waals surface area contributed by atoms with Crippen LogP contribution in [0, 0.1) is 0 Å². The Bertz CT molecular complexity index is 326. The van der Waals surface area contributed by atoms with Gasteiger partial charge in [0.05, 0.1) is 31.1 Å². The third kappa shape index (κ3) is 2.23. The zero-order valence-corrected chi connectivity index (χ0v) is 9.95. The maximum Gasteiger partial charge on any atom is 0.218 e. The van der Waals surface area contributed by atoms with Crippen LogP contribution in [0.3, 0.4) is 0 Å². The topological polar surface area (TPSA) is 78.9 Å². The van der Waals surface area contributed by atoms with Gasteiger partial charge in [-0.3, -0.25) is 0 Å². The van der Waals surface area contributed by atoms with E-state index >= 15 is 0 Å². The van der Waals surface area contributed by atoms with E-state index in [4.69, 9.17) is 9.84 Å². The Morgan fingerprint density at radius 1 is 1.50 bits per heavy atom. The summed E-state index contributed by atoms with van der Waals surface area (Å²) < 4.78 is 31.1. The highest BCUT2D eigenvalue weighted by Gasteiger charge is 2.39. The molecule has 0 spiro atoms. The van der Waals surface area contributed by atoms with Crippen molar-refractivity contribution in [3.63, 3.8) is 0 Å². The van der Waals surface area contributed by atoms with Gasteiger partial charge in [-0.05, 0) is 13.0 Å². The third-order valence-electron chi connectivity index (χ3n) is 3.15. The van der Waals surface area contributed by atoms with Gasteiger partial charge < -0.3 is 15.2 Å². The van der Waals surface area contributed by atoms with Gasteiger partial charge in [-0.1, -0.05) is 0 Å². The first-order valence-electron chi connectivity index (χ1n) is 5.56. The number of nitrogens with zero attached hydrogens (tertiary/aromatic N) is 1. The summed E-state index contributed by atoms with van der Waals surface area (Å²) in [6, 6.07) is -0.417. The number of aliphatic hydroxyl groups is 1. The van der Waals surface area contributed by atoms with Gasteiger partial charge in [-0.2, -0.15) is 4.31 Å². The van der Waals surface area contributed by atoms with E-state index in [0.717, 1.165) is 6.54 Å². The van der Waals surface area contributed by atoms with E-state index in [2.05, 4.69) is 5.32 Å². The standard InChI is InChI=1S/C9H18N2O4S/c12-6-8-7-15-4-3-11(8)16(13,14)9-1-2-10-5-9/h8-10,12H,1-7H2. The Morgan fingerprint density at radius 2 is 2.31 bits per heavy atom. The molecule has 0 amide bonds. The van der Waals surface area contributed by atoms with Gasteiger partial charge in [-0.15, -0.1) is 0 Å². The van der Waals surface area contributed by atoms with E-state index in [-0.39, 0.29) is 18.5 Å². The van der Waals surface area contributed by atoms with Crippen LogP contribution in [0.2, 0.25) is 0 Å². The van der Waals surface area contributed by atoms with E-state index in [1.54, 1.807) is 0 Å². The van der Waals surface area contributed by atoms with Crippen LogP contribution in [0.25, 0.3) is 0 Å². The molecule has 2 saturated heterocycles. The summed E-state index contributed by atoms with van der Waals surface area (Å²) in [5.41, 5.74) is 0. The summed E-state index contributed by atoms with van der Waals surface area (Å²) in [4.78, 5) is 0. The second kappa shape index (κ2) is 4.97. The fraction of sp³-hybridized carbons (Fsp3) is 1.00. The van der Waals surface area contributed by atoms with Gasteiger partial charge >= 0.3 is 0 Å². The van der Waals surface area contributed by atoms with E-state index in [0.29, 0.717) is 26.1 Å². The molecule has 0 aromatic carbocycles. The van der Waals surface area contributed by atoms with Crippen LogP contribution in [-0.2, 0) is 14.8 Å². The summed E-state index contributed by atoms with van der Waals surface area (Å²) in [7, 11) is -3.29. The molecule has 2 heterocycles. The van der Waals surface area contributed by atoms with E-state index in [1.165, 1.54) is 4.31 Å². The number of morpholine rings is 1. The van der Waals surface area contributed by atoms with Crippen molar-refractivity contribution in [1.29, 1.82) is 0 Å². The molecule has 2 aliphatic rings. The summed E-state index contributed by atoms with van der Waals surface area (Å²) in [6.07, 6.45) is 0.651. The number of sulfonamides is 1. The van der Waals surface area contributed by atoms with E-state index in [9.17, 15) is 8.42 Å². The van der Waals surface area contributed by atoms with Gasteiger partial charge in [0, 0.05) is 13.1 Å². The van der Waals surface area contributed by atoms with Crippen molar-refractivity contribution in [3.8, 4) is 0 Å². The molecule has 0 radical (unpaired) electrons. The molecule has 2 rings (SSSR count). The molecule has 2 N–H and O–H groups in total. The zero-order valence-electron chi connectivity index (χ0n) is 9.13. The Hall–Kier alpha value is -0.210. The molecule has 16 heavy (non-hydrogen) atoms. The van der Waals surface area contributed by atoms with Gasteiger partial charge in [0.2, 0.25) is 10.0 Å². The average molecular weight is 250 g/mol. The molecule has 0 aromatic heterocycles. The first-order valence-corrected chi connectivity index (χ1v) is 7.06. The minimum atomic E-state index is -3.29. The highest BCUT2D eigenvalue weighted by atomic mass is 32.2. The second-order valence-electron chi connectivity index (χ2n) is 4.18. The third-order valence-corrected chi connectivity index (χ3v) is 5.53. The number of rotatable bonds is 3. The molecule has 0 aliphatic carbocycles. The van der Waals surface area contributed by atoms with Crippen LogP contribution in [0.15, 0.2) is 0 Å². The predicted molar refractivity (Wildman–Crippen MR) is 58.6 cm³/mol. The molecule has 0 saturated carbocycles. The maximum atomic E-state index is 12.3. The van der Waals surface area contributed by atoms with Crippen molar-refractivity contribution < 1.29 is 18.3 Å². The second-order valence-corrected chi connectivity index (χ2v) is 6.35. The van der Waals surface area contributed by atoms with Gasteiger partial charge in [0.25, 0.3) is 0 Å². The Morgan fingerprint density at radius 3 is 2.94 bits per heavy atom. The number of aliphatic hydroxyl groups excluding tert-OH is 1. The molecular weight excluding hydrogens is 232 g/mol. The monoisotopic (exact) mass is 250 g/mol. The largest absolute Gasteiger partial charge is 0.395 e. The fourth-order valence-corrected chi connectivity index (χ4v) is 4.19. The van der Waals surface area contributed by atoms with Crippen LogP contribution in [0.5, 0.6) is 0 Å². The van der Waals surface area contributed by atoms with Crippen molar-refractivity contribution >= 4 is 10.0 Å². The highest BCUT2D eigenvalue weighted by Crippen LogP contribution is 2.20. The van der Waals surface area contributed by atoms with Gasteiger partial charge in [0.1, 0.15) is 0 Å². The van der Waals surface area contributed by atoms with E-state index in [1.807, 2.05) is 0 Å². The minimum absolute atomic E-state index is 0.181. The molecule has 94 valence electrons. The van der Waals surface area contributed by atoms with Crippen LogP contribution < -0.4 is 5.32 Å². The van der Waals surface area contributed by atoms with Crippen molar-refractivity contribution in [2.75, 3.05) is 39.5 Å². The Balaban J connectivity index is 2.13. The van der Waals surface area contributed by atoms with Crippen LogP contribution in [-0.4, -0.2) is 68.6 Å². The first kappa shape index (κ1) is 12.3. The molecule has 2 unspecified atom stereocenters. The van der Waals surface area contributed by atoms with Gasteiger partial charge in [-0.25, -0.2) is 8.42 Å². The Kier molecular flexibility index (Phi) is 3.81. The lowest BCUT2D eigenvalue weighted by atomic mass is 10.3. The predicted octanol–water partition coefficient (Wildman–Crippen LogP) is -1.63. The maximum absolute atomic E-state index is 12.3. The average Bonchev–Trinajstić information content (AvgIpc) is 2.83. The van der Waals surface area contributed by atoms with Crippen molar-refractivity contribution in [3.05, 3.63) is 0 Å². The van der Waals surface area contributed by atoms with Gasteiger partial charge in [0.15, 0.2) is 0 Å². The Labute approximate surface area is 95.6 Å². The number of hydrogen-bond donors (Lipinski definition) is 2. The summed E-state index contributed by atoms with van der Waals surface area (Å²) >= 11 is 0. The zero-order chi connectivity index (χ0) is 11.6. The molecule has 0 bridgehead atoms. The number of hydrogen-bond acceptors (Lipinski definition) is 5. The first-order chi connectivity index (χ1) is 7.66. The van der Waals surface area contributed by atoms with Crippen LogP contribution >= 0.6 is 0 Å². The molecular formula is C9H18N2O4S. The van der Waals surface area contributed by atoms with Crippen LogP contribution in [0.1, 0.15) is 6.42 Å². The smallest absolute Gasteiger partial charge is 0.218 e. The normalized spacial score (nSPS) is 33.1. The van der Waals surface area contributed by atoms with Crippen molar-refractivity contribution in [2.45, 2.75) is 17.7 Å². The van der Waals surface area contributed by atoms with Crippen LogP contribution in [0.4, 0.5) is 0 Å². The lowest BCUT2D eigenvalue weighted by Crippen LogP contribution is -2.53. The summed E-state index contributed by atoms with van der Waals surface area (Å²) in [5, 5.41) is 11.9. The lowest BCUT2D eigenvalue weighted by molar-refractivity contribution is 0.0105. The molecule has 7 heteroatoms. The molecule has 2 atom stereocenters. The summed E-state index contributed by atoms with van der Waals surface area (Å²) in [5.74, 6) is 0. The fourth-order valence-electron chi connectivity index (χ4n) is 2.19. The van der Waals surface area contributed by atoms with Crippen molar-refractivity contribution in [1.82, 2.24) is 9.62 Å². The molecule has 2 aliphatic heterocycles. The quantitative estimate of drug-likeness (QED) is 0.629. The molecule has 6 nitrogen and oxygen atoms in total.